The fourth-order valence-electron chi connectivity index (χ4n) is 3.79. The van der Waals surface area contributed by atoms with Gasteiger partial charge in [-0.15, -0.1) is 0 Å². The molecule has 2 amide bonds. The van der Waals surface area contributed by atoms with E-state index in [4.69, 9.17) is 9.72 Å². The Kier molecular flexibility index (Phi) is 7.92. The summed E-state index contributed by atoms with van der Waals surface area (Å²) >= 11 is 0. The molecule has 0 aliphatic heterocycles. The van der Waals surface area contributed by atoms with Gasteiger partial charge in [0.15, 0.2) is 0 Å². The van der Waals surface area contributed by atoms with E-state index in [1.54, 1.807) is 31.4 Å². The molecule has 7 nitrogen and oxygen atoms in total. The van der Waals surface area contributed by atoms with Crippen molar-refractivity contribution in [1.82, 2.24) is 14.5 Å². The van der Waals surface area contributed by atoms with E-state index in [9.17, 15) is 9.59 Å². The number of aryl methyl sites for hydroxylation is 2. The lowest BCUT2D eigenvalue weighted by Crippen LogP contribution is -2.40. The van der Waals surface area contributed by atoms with E-state index in [-0.39, 0.29) is 18.4 Å². The van der Waals surface area contributed by atoms with E-state index in [0.717, 1.165) is 28.1 Å². The SMILES string of the molecule is COCCN(CC(=O)Nc1nc(-c2ccc(C)cc2)cn1-c1ccc(C)cc1)C(=O)c1ccccc1. The summed E-state index contributed by atoms with van der Waals surface area (Å²) in [6.07, 6.45) is 1.91. The van der Waals surface area contributed by atoms with Crippen molar-refractivity contribution in [3.63, 3.8) is 0 Å². The summed E-state index contributed by atoms with van der Waals surface area (Å²) in [5, 5.41) is 2.92. The van der Waals surface area contributed by atoms with Crippen LogP contribution in [0.25, 0.3) is 16.9 Å². The number of carbonyl (C=O) groups is 2. The average molecular weight is 483 g/mol. The topological polar surface area (TPSA) is 76.5 Å². The molecule has 0 aliphatic rings. The van der Waals surface area contributed by atoms with Crippen LogP contribution in [0.2, 0.25) is 0 Å². The molecule has 0 aliphatic carbocycles. The van der Waals surface area contributed by atoms with Gasteiger partial charge in [-0.2, -0.15) is 0 Å². The lowest BCUT2D eigenvalue weighted by Gasteiger charge is -2.22. The third-order valence-corrected chi connectivity index (χ3v) is 5.82. The standard InChI is InChI=1S/C29H30N4O3/c1-21-9-13-23(14-10-21)26-19-33(25-15-11-22(2)12-16-25)29(30-26)31-27(34)20-32(17-18-36-3)28(35)24-7-5-4-6-8-24/h4-16,19H,17-18,20H2,1-3H3,(H,30,31,34). The van der Waals surface area contributed by atoms with Gasteiger partial charge in [-0.3, -0.25) is 19.5 Å². The van der Waals surface area contributed by atoms with Crippen molar-refractivity contribution in [1.29, 1.82) is 0 Å². The Morgan fingerprint density at radius 2 is 1.56 bits per heavy atom. The Balaban J connectivity index is 1.60. The van der Waals surface area contributed by atoms with Crippen LogP contribution in [0.5, 0.6) is 0 Å². The third kappa shape index (κ3) is 6.06. The van der Waals surface area contributed by atoms with Crippen LogP contribution in [0.15, 0.2) is 85.1 Å². The minimum absolute atomic E-state index is 0.127. The van der Waals surface area contributed by atoms with Crippen LogP contribution in [0.3, 0.4) is 0 Å². The second-order valence-corrected chi connectivity index (χ2v) is 8.66. The van der Waals surface area contributed by atoms with Gasteiger partial charge in [-0.1, -0.05) is 65.7 Å². The first kappa shape index (κ1) is 24.9. The Bertz CT molecular complexity index is 1310. The molecule has 7 heteroatoms. The number of imidazole rings is 1. The summed E-state index contributed by atoms with van der Waals surface area (Å²) in [6, 6.07) is 25.0. The van der Waals surface area contributed by atoms with Gasteiger partial charge in [0.25, 0.3) is 5.91 Å². The van der Waals surface area contributed by atoms with Crippen molar-refractivity contribution in [2.45, 2.75) is 13.8 Å². The Morgan fingerprint density at radius 3 is 2.19 bits per heavy atom. The first-order chi connectivity index (χ1) is 17.4. The van der Waals surface area contributed by atoms with E-state index in [1.807, 2.05) is 79.2 Å². The number of rotatable bonds is 9. The maximum absolute atomic E-state index is 13.2. The van der Waals surface area contributed by atoms with Gasteiger partial charge in [0.2, 0.25) is 11.9 Å². The number of ether oxygens (including phenoxy) is 1. The third-order valence-electron chi connectivity index (χ3n) is 5.82. The molecule has 0 bridgehead atoms. The van der Waals surface area contributed by atoms with Crippen LogP contribution < -0.4 is 5.32 Å². The minimum Gasteiger partial charge on any atom is -0.383 e. The Hall–Kier alpha value is -4.23. The number of amides is 2. The second kappa shape index (κ2) is 11.5. The fourth-order valence-corrected chi connectivity index (χ4v) is 3.79. The minimum atomic E-state index is -0.343. The van der Waals surface area contributed by atoms with Gasteiger partial charge in [-0.05, 0) is 38.1 Å². The maximum atomic E-state index is 13.2. The number of aromatic nitrogens is 2. The van der Waals surface area contributed by atoms with E-state index in [1.165, 1.54) is 4.90 Å². The highest BCUT2D eigenvalue weighted by molar-refractivity contribution is 5.99. The van der Waals surface area contributed by atoms with E-state index < -0.39 is 0 Å². The van der Waals surface area contributed by atoms with Gasteiger partial charge in [0.05, 0.1) is 12.3 Å². The quantitative estimate of drug-likeness (QED) is 0.369. The molecule has 1 N–H and O–H groups in total. The number of hydrogen-bond donors (Lipinski definition) is 1. The van der Waals surface area contributed by atoms with Gasteiger partial charge in [0.1, 0.15) is 6.54 Å². The molecule has 1 heterocycles. The zero-order valence-corrected chi connectivity index (χ0v) is 20.8. The number of hydrogen-bond acceptors (Lipinski definition) is 4. The number of nitrogens with zero attached hydrogens (tertiary/aromatic N) is 3. The number of nitrogens with one attached hydrogen (secondary N) is 1. The zero-order chi connectivity index (χ0) is 25.5. The molecule has 184 valence electrons. The first-order valence-electron chi connectivity index (χ1n) is 11.8. The molecule has 0 saturated carbocycles. The van der Waals surface area contributed by atoms with Crippen LogP contribution in [-0.2, 0) is 9.53 Å². The van der Waals surface area contributed by atoms with Crippen molar-refractivity contribution in [2.24, 2.45) is 0 Å². The smallest absolute Gasteiger partial charge is 0.254 e. The van der Waals surface area contributed by atoms with Crippen LogP contribution >= 0.6 is 0 Å². The Labute approximate surface area is 211 Å². The maximum Gasteiger partial charge on any atom is 0.254 e. The van der Waals surface area contributed by atoms with Gasteiger partial charge >= 0.3 is 0 Å². The van der Waals surface area contributed by atoms with Crippen molar-refractivity contribution >= 4 is 17.8 Å². The van der Waals surface area contributed by atoms with Crippen LogP contribution in [-0.4, -0.2) is 53.1 Å². The zero-order valence-electron chi connectivity index (χ0n) is 20.8. The number of benzene rings is 3. The van der Waals surface area contributed by atoms with Gasteiger partial charge in [-0.25, -0.2) is 4.98 Å². The second-order valence-electron chi connectivity index (χ2n) is 8.66. The summed E-state index contributed by atoms with van der Waals surface area (Å²) < 4.78 is 7.02. The predicted molar refractivity (Wildman–Crippen MR) is 141 cm³/mol. The molecule has 1 aromatic heterocycles. The van der Waals surface area contributed by atoms with Crippen molar-refractivity contribution < 1.29 is 14.3 Å². The first-order valence-corrected chi connectivity index (χ1v) is 11.8. The predicted octanol–water partition coefficient (Wildman–Crippen LogP) is 4.88. The summed E-state index contributed by atoms with van der Waals surface area (Å²) in [4.78, 5) is 32.4. The van der Waals surface area contributed by atoms with Crippen LogP contribution in [0.4, 0.5) is 5.95 Å². The summed E-state index contributed by atoms with van der Waals surface area (Å²) in [7, 11) is 1.57. The van der Waals surface area contributed by atoms with Gasteiger partial charge in [0, 0.05) is 36.7 Å². The normalized spacial score (nSPS) is 10.8. The average Bonchev–Trinajstić information content (AvgIpc) is 3.31. The number of carbonyl (C=O) groups excluding carboxylic acids is 2. The molecule has 4 aromatic rings. The highest BCUT2D eigenvalue weighted by atomic mass is 16.5. The van der Waals surface area contributed by atoms with Crippen molar-refractivity contribution in [3.8, 4) is 16.9 Å². The van der Waals surface area contributed by atoms with E-state index in [0.29, 0.717) is 24.7 Å². The molecule has 0 unspecified atom stereocenters. The lowest BCUT2D eigenvalue weighted by molar-refractivity contribution is -0.117. The van der Waals surface area contributed by atoms with Crippen LogP contribution in [0, 0.1) is 13.8 Å². The fraction of sp³-hybridized carbons (Fsp3) is 0.207. The van der Waals surface area contributed by atoms with Crippen molar-refractivity contribution in [3.05, 3.63) is 102 Å². The molecule has 3 aromatic carbocycles. The monoisotopic (exact) mass is 482 g/mol. The highest BCUT2D eigenvalue weighted by Crippen LogP contribution is 2.25. The molecule has 0 saturated heterocycles. The molecular weight excluding hydrogens is 452 g/mol. The van der Waals surface area contributed by atoms with Gasteiger partial charge < -0.3 is 9.64 Å². The molecule has 0 fully saturated rings. The molecule has 0 radical (unpaired) electrons. The molecule has 0 spiro atoms. The lowest BCUT2D eigenvalue weighted by atomic mass is 10.1. The summed E-state index contributed by atoms with van der Waals surface area (Å²) in [6.45, 7) is 4.54. The van der Waals surface area contributed by atoms with E-state index >= 15 is 0 Å². The van der Waals surface area contributed by atoms with Crippen LogP contribution in [0.1, 0.15) is 21.5 Å². The summed E-state index contributed by atoms with van der Waals surface area (Å²) in [5.41, 5.74) is 5.37. The number of methoxy groups -OCH3 is 1. The summed E-state index contributed by atoms with van der Waals surface area (Å²) in [5.74, 6) is -0.187. The molecular formula is C29H30N4O3. The number of anilines is 1. The van der Waals surface area contributed by atoms with E-state index in [2.05, 4.69) is 5.32 Å². The molecule has 36 heavy (non-hydrogen) atoms. The van der Waals surface area contributed by atoms with Crippen molar-refractivity contribution in [2.75, 3.05) is 32.1 Å². The highest BCUT2D eigenvalue weighted by Gasteiger charge is 2.20. The largest absolute Gasteiger partial charge is 0.383 e. The Morgan fingerprint density at radius 1 is 0.917 bits per heavy atom. The molecule has 4 rings (SSSR count). The molecule has 0 atom stereocenters.